The number of nitrogens with one attached hydrogen (secondary N) is 2. The highest BCUT2D eigenvalue weighted by Gasteiger charge is 2.20. The summed E-state index contributed by atoms with van der Waals surface area (Å²) in [5.41, 5.74) is 6.40. The van der Waals surface area contributed by atoms with Gasteiger partial charge in [0.1, 0.15) is 26.5 Å². The van der Waals surface area contributed by atoms with Crippen LogP contribution in [0.1, 0.15) is 19.4 Å². The average molecular weight is 480 g/mol. The summed E-state index contributed by atoms with van der Waals surface area (Å²) in [6, 6.07) is 5.48. The molecule has 0 aliphatic rings. The molecule has 11 nitrogen and oxygen atoms in total. The molecule has 0 amide bonds. The van der Waals surface area contributed by atoms with Gasteiger partial charge >= 0.3 is 5.97 Å². The Kier molecular flexibility index (Phi) is 8.84. The van der Waals surface area contributed by atoms with E-state index < -0.39 is 25.9 Å². The summed E-state index contributed by atoms with van der Waals surface area (Å²) >= 11 is 0. The molecule has 178 valence electrons. The zero-order valence-corrected chi connectivity index (χ0v) is 19.2. The molecule has 0 saturated heterocycles. The highest BCUT2D eigenvalue weighted by molar-refractivity contribution is 7.50. The van der Waals surface area contributed by atoms with Crippen molar-refractivity contribution >= 4 is 31.4 Å². The molecule has 0 spiro atoms. The van der Waals surface area contributed by atoms with Crippen LogP contribution >= 0.6 is 8.30 Å². The smallest absolute Gasteiger partial charge is 0.323 e. The van der Waals surface area contributed by atoms with E-state index in [2.05, 4.69) is 20.0 Å². The van der Waals surface area contributed by atoms with E-state index in [1.54, 1.807) is 30.5 Å². The largest absolute Gasteiger partial charge is 0.465 e. The maximum atomic E-state index is 13.4. The maximum Gasteiger partial charge on any atom is 0.323 e. The fourth-order valence-corrected chi connectivity index (χ4v) is 4.23. The highest BCUT2D eigenvalue weighted by atomic mass is 31.2. The van der Waals surface area contributed by atoms with Crippen LogP contribution in [0.25, 0.3) is 11.2 Å². The van der Waals surface area contributed by atoms with Crippen LogP contribution in [0.5, 0.6) is 0 Å². The van der Waals surface area contributed by atoms with E-state index in [0.29, 0.717) is 17.8 Å². The third-order valence-corrected chi connectivity index (χ3v) is 5.97. The van der Waals surface area contributed by atoms with E-state index in [-0.39, 0.29) is 43.5 Å². The van der Waals surface area contributed by atoms with Gasteiger partial charge in [-0.05, 0) is 31.5 Å². The quantitative estimate of drug-likeness (QED) is 0.201. The number of nitrogens with zero attached hydrogens (tertiary/aromatic N) is 3. The van der Waals surface area contributed by atoms with Gasteiger partial charge in [-0.2, -0.15) is 4.98 Å². The first-order valence-corrected chi connectivity index (χ1v) is 11.7. The maximum absolute atomic E-state index is 13.4. The second-order valence-electron chi connectivity index (χ2n) is 6.98. The Morgan fingerprint density at radius 3 is 3.00 bits per heavy atom. The van der Waals surface area contributed by atoms with Crippen LogP contribution in [-0.4, -0.2) is 51.1 Å². The zero-order chi connectivity index (χ0) is 23.8. The fraction of sp³-hybridized carbons (Fsp3) is 0.400. The van der Waals surface area contributed by atoms with Crippen molar-refractivity contribution in [3.63, 3.8) is 0 Å². The summed E-state index contributed by atoms with van der Waals surface area (Å²) in [5, 5.41) is 3.08. The number of carbonyl (C=O) groups is 1. The molecule has 1 aromatic carbocycles. The van der Waals surface area contributed by atoms with Gasteiger partial charge in [-0.3, -0.25) is 19.7 Å². The Morgan fingerprint density at radius 2 is 2.24 bits per heavy atom. The first kappa shape index (κ1) is 24.7. The molecule has 3 rings (SSSR count). The lowest BCUT2D eigenvalue weighted by Gasteiger charge is -2.22. The standard InChI is InChI=1S/C20H26FN6O5P/c1-3-31-19(29)13(2)26-33(32-10-14-5-4-6-15(21)9-14)12-30-8-7-27-11-23-16-17(27)24-20(22)25-18(16)28/h4-6,9,11,13,26H,3,7-8,10,12H2,1-2H3,(H3,22,24,25,28)/t13-,33?/m0/s1. The number of halogens is 1. The van der Waals surface area contributed by atoms with Crippen LogP contribution in [0.2, 0.25) is 0 Å². The predicted octanol–water partition coefficient (Wildman–Crippen LogP) is 1.88. The van der Waals surface area contributed by atoms with Gasteiger partial charge in [0.25, 0.3) is 5.56 Å². The molecule has 2 atom stereocenters. The number of imidazole rings is 1. The number of aromatic nitrogens is 4. The van der Waals surface area contributed by atoms with E-state index in [4.69, 9.17) is 19.7 Å². The molecule has 2 aromatic heterocycles. The minimum absolute atomic E-state index is 0.00147. The van der Waals surface area contributed by atoms with Crippen molar-refractivity contribution in [2.24, 2.45) is 0 Å². The van der Waals surface area contributed by atoms with Gasteiger partial charge in [0.15, 0.2) is 11.2 Å². The molecule has 0 bridgehead atoms. The normalized spacial score (nSPS) is 13.2. The van der Waals surface area contributed by atoms with E-state index in [0.717, 1.165) is 0 Å². The first-order valence-electron chi connectivity index (χ1n) is 10.2. The van der Waals surface area contributed by atoms with Gasteiger partial charge in [0.2, 0.25) is 5.95 Å². The minimum Gasteiger partial charge on any atom is -0.465 e. The summed E-state index contributed by atoms with van der Waals surface area (Å²) in [5.74, 6) is -0.759. The van der Waals surface area contributed by atoms with Gasteiger partial charge < -0.3 is 24.3 Å². The number of anilines is 1. The van der Waals surface area contributed by atoms with Crippen molar-refractivity contribution in [1.29, 1.82) is 0 Å². The Morgan fingerprint density at radius 1 is 1.42 bits per heavy atom. The summed E-state index contributed by atoms with van der Waals surface area (Å²) in [4.78, 5) is 34.4. The number of aromatic amines is 1. The molecule has 33 heavy (non-hydrogen) atoms. The van der Waals surface area contributed by atoms with Gasteiger partial charge in [-0.15, -0.1) is 0 Å². The van der Waals surface area contributed by atoms with E-state index >= 15 is 0 Å². The minimum atomic E-state index is -1.40. The molecule has 4 N–H and O–H groups in total. The lowest BCUT2D eigenvalue weighted by Crippen LogP contribution is -2.33. The monoisotopic (exact) mass is 480 g/mol. The molecule has 3 aromatic rings. The number of esters is 1. The highest BCUT2D eigenvalue weighted by Crippen LogP contribution is 2.34. The summed E-state index contributed by atoms with van der Waals surface area (Å²) in [6.45, 7) is 4.44. The van der Waals surface area contributed by atoms with Crippen molar-refractivity contribution in [3.05, 3.63) is 52.3 Å². The second-order valence-corrected chi connectivity index (χ2v) is 8.51. The number of carbonyl (C=O) groups excluding carboxylic acids is 1. The van der Waals surface area contributed by atoms with Gasteiger partial charge in [-0.1, -0.05) is 12.1 Å². The molecule has 1 unspecified atom stereocenters. The van der Waals surface area contributed by atoms with E-state index in [9.17, 15) is 14.0 Å². The van der Waals surface area contributed by atoms with Crippen LogP contribution in [0, 0.1) is 5.82 Å². The Hall–Kier alpha value is -2.92. The topological polar surface area (TPSA) is 146 Å². The number of hydrogen-bond acceptors (Lipinski definition) is 9. The molecule has 2 heterocycles. The van der Waals surface area contributed by atoms with Crippen molar-refractivity contribution in [1.82, 2.24) is 24.6 Å². The van der Waals surface area contributed by atoms with Crippen LogP contribution in [-0.2, 0) is 31.9 Å². The van der Waals surface area contributed by atoms with Crippen molar-refractivity contribution < 1.29 is 23.2 Å². The Labute approximate surface area is 190 Å². The number of nitrogens with two attached hydrogens (primary N) is 1. The Bertz CT molecular complexity index is 1140. The Balaban J connectivity index is 1.58. The molecular formula is C20H26FN6O5P. The number of nitrogen functional groups attached to an aromatic ring is 1. The molecule has 0 saturated carbocycles. The van der Waals surface area contributed by atoms with Crippen LogP contribution in [0.15, 0.2) is 35.4 Å². The zero-order valence-electron chi connectivity index (χ0n) is 18.3. The number of H-pyrrole nitrogens is 1. The summed E-state index contributed by atoms with van der Waals surface area (Å²) in [7, 11) is -1.40. The second kappa shape index (κ2) is 11.8. The fourth-order valence-electron chi connectivity index (χ4n) is 2.87. The number of fused-ring (bicyclic) bond motifs is 1. The van der Waals surface area contributed by atoms with Crippen LogP contribution in [0.4, 0.5) is 10.3 Å². The molecule has 0 aliphatic heterocycles. The number of rotatable bonds is 12. The summed E-state index contributed by atoms with van der Waals surface area (Å²) < 4.78 is 31.8. The average Bonchev–Trinajstić information content (AvgIpc) is 3.18. The number of hydrogen-bond donors (Lipinski definition) is 3. The van der Waals surface area contributed by atoms with E-state index in [1.807, 2.05) is 0 Å². The van der Waals surface area contributed by atoms with Crippen LogP contribution in [0.3, 0.4) is 0 Å². The van der Waals surface area contributed by atoms with Gasteiger partial charge in [0, 0.05) is 6.54 Å². The lowest BCUT2D eigenvalue weighted by molar-refractivity contribution is -0.144. The molecule has 0 fully saturated rings. The number of benzene rings is 1. The van der Waals surface area contributed by atoms with Crippen molar-refractivity contribution in [2.45, 2.75) is 33.0 Å². The predicted molar refractivity (Wildman–Crippen MR) is 121 cm³/mol. The van der Waals surface area contributed by atoms with Crippen molar-refractivity contribution in [3.8, 4) is 0 Å². The molecule has 0 aliphatic carbocycles. The third kappa shape index (κ3) is 7.03. The molecule has 13 heteroatoms. The van der Waals surface area contributed by atoms with Gasteiger partial charge in [0.05, 0.1) is 26.1 Å². The van der Waals surface area contributed by atoms with E-state index in [1.165, 1.54) is 18.5 Å². The number of ether oxygens (including phenoxy) is 2. The lowest BCUT2D eigenvalue weighted by atomic mass is 10.2. The molecular weight excluding hydrogens is 454 g/mol. The molecule has 0 radical (unpaired) electrons. The van der Waals surface area contributed by atoms with Crippen LogP contribution < -0.4 is 16.4 Å². The van der Waals surface area contributed by atoms with Gasteiger partial charge in [-0.25, -0.2) is 9.37 Å². The summed E-state index contributed by atoms with van der Waals surface area (Å²) in [6.07, 6.45) is 1.65. The first-order chi connectivity index (χ1) is 15.9. The third-order valence-electron chi connectivity index (χ3n) is 4.43. The van der Waals surface area contributed by atoms with Crippen molar-refractivity contribution in [2.75, 3.05) is 25.3 Å². The SMILES string of the molecule is CCOC(=O)[C@H](C)NP(COCCn1cnc2c(=O)[nH]c(N)nc21)OCc1cccc(F)c1.